The van der Waals surface area contributed by atoms with Gasteiger partial charge in [-0.05, 0) is 26.3 Å². The maximum Gasteiger partial charge on any atom is 0.271 e. The first-order valence-corrected chi connectivity index (χ1v) is 8.23. The summed E-state index contributed by atoms with van der Waals surface area (Å²) in [7, 11) is 0. The summed E-state index contributed by atoms with van der Waals surface area (Å²) >= 11 is 1.12. The van der Waals surface area contributed by atoms with Crippen LogP contribution < -0.4 is 5.32 Å². The molecule has 0 unspecified atom stereocenters. The van der Waals surface area contributed by atoms with E-state index in [0.717, 1.165) is 17.3 Å². The van der Waals surface area contributed by atoms with Crippen molar-refractivity contribution < 1.29 is 9.72 Å². The van der Waals surface area contributed by atoms with Crippen LogP contribution in [0.3, 0.4) is 0 Å². The molecule has 9 heteroatoms. The summed E-state index contributed by atoms with van der Waals surface area (Å²) in [4.78, 5) is 30.8. The van der Waals surface area contributed by atoms with Crippen LogP contribution in [0.1, 0.15) is 22.6 Å². The molecule has 0 saturated heterocycles. The number of aromatic nitrogens is 2. The summed E-state index contributed by atoms with van der Waals surface area (Å²) < 4.78 is 0. The third-order valence-electron chi connectivity index (χ3n) is 3.33. The first kappa shape index (κ1) is 18.4. The van der Waals surface area contributed by atoms with E-state index in [0.29, 0.717) is 27.8 Å². The highest BCUT2D eigenvalue weighted by molar-refractivity contribution is 8.00. The van der Waals surface area contributed by atoms with Crippen LogP contribution in [0.25, 0.3) is 0 Å². The lowest BCUT2D eigenvalue weighted by Crippen LogP contribution is -2.15. The molecule has 2 aromatic rings. The molecule has 1 amide bonds. The predicted molar refractivity (Wildman–Crippen MR) is 93.4 cm³/mol. The molecule has 0 spiro atoms. The summed E-state index contributed by atoms with van der Waals surface area (Å²) in [5.41, 5.74) is 1.91. The van der Waals surface area contributed by atoms with Crippen LogP contribution in [0.15, 0.2) is 23.2 Å². The fourth-order valence-electron chi connectivity index (χ4n) is 2.09. The number of hydrogen-bond acceptors (Lipinski definition) is 7. The van der Waals surface area contributed by atoms with E-state index in [9.17, 15) is 20.2 Å². The zero-order valence-electron chi connectivity index (χ0n) is 13.9. The van der Waals surface area contributed by atoms with E-state index in [2.05, 4.69) is 15.3 Å². The number of nitriles is 1. The number of carbonyl (C=O) groups is 1. The fourth-order valence-corrected chi connectivity index (χ4v) is 2.97. The van der Waals surface area contributed by atoms with Gasteiger partial charge in [0.15, 0.2) is 0 Å². The molecule has 1 aromatic heterocycles. The molecule has 128 valence electrons. The summed E-state index contributed by atoms with van der Waals surface area (Å²) in [6.45, 7) is 5.17. The van der Waals surface area contributed by atoms with Crippen molar-refractivity contribution in [2.75, 3.05) is 11.1 Å². The van der Waals surface area contributed by atoms with Crippen molar-refractivity contribution in [2.45, 2.75) is 25.8 Å². The lowest BCUT2D eigenvalue weighted by molar-refractivity contribution is -0.384. The van der Waals surface area contributed by atoms with Crippen LogP contribution in [0, 0.1) is 42.2 Å². The van der Waals surface area contributed by atoms with Crippen molar-refractivity contribution in [3.05, 3.63) is 51.0 Å². The Morgan fingerprint density at radius 1 is 1.36 bits per heavy atom. The summed E-state index contributed by atoms with van der Waals surface area (Å²) in [6, 6.07) is 6.31. The Hall–Kier alpha value is -2.99. The van der Waals surface area contributed by atoms with Gasteiger partial charge in [0.25, 0.3) is 5.69 Å². The van der Waals surface area contributed by atoms with Crippen LogP contribution in [-0.4, -0.2) is 26.6 Å². The number of hydrogen-bond donors (Lipinski definition) is 1. The minimum Gasteiger partial charge on any atom is -0.325 e. The SMILES string of the molecule is Cc1nc(C)c(C#N)c(SCC(=O)Nc2cc([N+](=O)[O-])ccc2C)n1. The Kier molecular flexibility index (Phi) is 5.67. The van der Waals surface area contributed by atoms with Crippen LogP contribution in [0.5, 0.6) is 0 Å². The molecule has 0 aliphatic heterocycles. The molecule has 0 radical (unpaired) electrons. The Labute approximate surface area is 148 Å². The van der Waals surface area contributed by atoms with Gasteiger partial charge in [0.05, 0.1) is 22.1 Å². The Morgan fingerprint density at radius 3 is 2.72 bits per heavy atom. The number of nitrogens with zero attached hydrogens (tertiary/aromatic N) is 4. The number of thioether (sulfide) groups is 1. The van der Waals surface area contributed by atoms with E-state index in [1.165, 1.54) is 12.1 Å². The minimum atomic E-state index is -0.518. The molecule has 25 heavy (non-hydrogen) atoms. The van der Waals surface area contributed by atoms with Crippen molar-refractivity contribution in [3.8, 4) is 6.07 Å². The van der Waals surface area contributed by atoms with E-state index in [1.807, 2.05) is 6.07 Å². The second kappa shape index (κ2) is 7.72. The molecule has 1 aromatic carbocycles. The third kappa shape index (κ3) is 4.51. The maximum absolute atomic E-state index is 12.2. The van der Waals surface area contributed by atoms with Gasteiger partial charge in [-0.3, -0.25) is 14.9 Å². The van der Waals surface area contributed by atoms with Crippen LogP contribution in [0.2, 0.25) is 0 Å². The third-order valence-corrected chi connectivity index (χ3v) is 4.30. The quantitative estimate of drug-likeness (QED) is 0.378. The Morgan fingerprint density at radius 2 is 2.08 bits per heavy atom. The maximum atomic E-state index is 12.2. The van der Waals surface area contributed by atoms with Crippen molar-refractivity contribution in [1.82, 2.24) is 9.97 Å². The average molecular weight is 357 g/mol. The van der Waals surface area contributed by atoms with Crippen molar-refractivity contribution in [3.63, 3.8) is 0 Å². The Bertz CT molecular complexity index is 892. The van der Waals surface area contributed by atoms with E-state index in [1.54, 1.807) is 26.8 Å². The van der Waals surface area contributed by atoms with Gasteiger partial charge < -0.3 is 5.32 Å². The summed E-state index contributed by atoms with van der Waals surface area (Å²) in [6.07, 6.45) is 0. The molecule has 2 rings (SSSR count). The van der Waals surface area contributed by atoms with Gasteiger partial charge in [-0.2, -0.15) is 5.26 Å². The number of anilines is 1. The van der Waals surface area contributed by atoms with E-state index in [-0.39, 0.29) is 17.3 Å². The molecule has 0 atom stereocenters. The smallest absolute Gasteiger partial charge is 0.271 e. The highest BCUT2D eigenvalue weighted by Gasteiger charge is 2.14. The number of rotatable bonds is 5. The highest BCUT2D eigenvalue weighted by atomic mass is 32.2. The summed E-state index contributed by atoms with van der Waals surface area (Å²) in [5, 5.41) is 23.1. The average Bonchev–Trinajstić information content (AvgIpc) is 2.54. The van der Waals surface area contributed by atoms with Gasteiger partial charge in [0.1, 0.15) is 22.5 Å². The first-order chi connectivity index (χ1) is 11.8. The van der Waals surface area contributed by atoms with E-state index in [4.69, 9.17) is 0 Å². The number of benzene rings is 1. The van der Waals surface area contributed by atoms with Gasteiger partial charge >= 0.3 is 0 Å². The van der Waals surface area contributed by atoms with Crippen LogP contribution in [0.4, 0.5) is 11.4 Å². The van der Waals surface area contributed by atoms with E-state index >= 15 is 0 Å². The second-order valence-electron chi connectivity index (χ2n) is 5.24. The first-order valence-electron chi connectivity index (χ1n) is 7.25. The van der Waals surface area contributed by atoms with Gasteiger partial charge in [-0.25, -0.2) is 9.97 Å². The predicted octanol–water partition coefficient (Wildman–Crippen LogP) is 2.91. The number of nitro groups is 1. The fraction of sp³-hybridized carbons (Fsp3) is 0.250. The molecule has 1 N–H and O–H groups in total. The zero-order chi connectivity index (χ0) is 18.6. The minimum absolute atomic E-state index is 0.0205. The van der Waals surface area contributed by atoms with Crippen molar-refractivity contribution >= 4 is 29.0 Å². The topological polar surface area (TPSA) is 122 Å². The number of nitro benzene ring substituents is 1. The lowest BCUT2D eigenvalue weighted by Gasteiger charge is -2.09. The van der Waals surface area contributed by atoms with Gasteiger partial charge in [-0.1, -0.05) is 17.8 Å². The monoisotopic (exact) mass is 357 g/mol. The largest absolute Gasteiger partial charge is 0.325 e. The van der Waals surface area contributed by atoms with Crippen molar-refractivity contribution in [1.29, 1.82) is 5.26 Å². The second-order valence-corrected chi connectivity index (χ2v) is 6.21. The van der Waals surface area contributed by atoms with Crippen molar-refractivity contribution in [2.24, 2.45) is 0 Å². The number of aryl methyl sites for hydroxylation is 3. The molecular weight excluding hydrogens is 342 g/mol. The number of non-ortho nitro benzene ring substituents is 1. The van der Waals surface area contributed by atoms with Crippen LogP contribution in [-0.2, 0) is 4.79 Å². The Balaban J connectivity index is 2.11. The molecule has 0 aliphatic carbocycles. The standard InChI is InChI=1S/C16H15N5O3S/c1-9-4-5-12(21(23)24)6-14(9)20-15(22)8-25-16-13(7-17)10(2)18-11(3)19-16/h4-6H,8H2,1-3H3,(H,20,22). The highest BCUT2D eigenvalue weighted by Crippen LogP contribution is 2.24. The molecule has 1 heterocycles. The zero-order valence-corrected chi connectivity index (χ0v) is 14.7. The van der Waals surface area contributed by atoms with E-state index < -0.39 is 4.92 Å². The molecule has 8 nitrogen and oxygen atoms in total. The molecule has 0 bridgehead atoms. The van der Waals surface area contributed by atoms with Crippen LogP contribution >= 0.6 is 11.8 Å². The summed E-state index contributed by atoms with van der Waals surface area (Å²) in [5.74, 6) is 0.201. The molecule has 0 fully saturated rings. The molecular formula is C16H15N5O3S. The lowest BCUT2D eigenvalue weighted by atomic mass is 10.2. The number of amides is 1. The number of nitrogens with one attached hydrogen (secondary N) is 1. The molecule has 0 aliphatic rings. The van der Waals surface area contributed by atoms with Gasteiger partial charge in [0, 0.05) is 12.1 Å². The number of carbonyl (C=O) groups excluding carboxylic acids is 1. The van der Waals surface area contributed by atoms with Gasteiger partial charge in [-0.15, -0.1) is 0 Å². The van der Waals surface area contributed by atoms with Gasteiger partial charge in [0.2, 0.25) is 5.91 Å². The molecule has 0 saturated carbocycles. The normalized spacial score (nSPS) is 10.2.